The highest BCUT2D eigenvalue weighted by molar-refractivity contribution is 5.85. The molecule has 1 rings (SSSR count). The molecule has 1 heterocycles. The average Bonchev–Trinajstić information content (AvgIpc) is 1.94. The summed E-state index contributed by atoms with van der Waals surface area (Å²) in [7, 11) is 0. The zero-order chi connectivity index (χ0) is 8.43. The van der Waals surface area contributed by atoms with Crippen LogP contribution in [-0.4, -0.2) is 35.7 Å². The molecule has 1 aliphatic heterocycles. The molecule has 2 N–H and O–H groups in total. The fourth-order valence-corrected chi connectivity index (χ4v) is 0.898. The number of hydrogen-bond donors (Lipinski definition) is 2. The van der Waals surface area contributed by atoms with E-state index in [2.05, 4.69) is 5.32 Å². The van der Waals surface area contributed by atoms with Crippen molar-refractivity contribution in [1.82, 2.24) is 5.32 Å². The Morgan fingerprint density at radius 1 is 1.82 bits per heavy atom. The number of ether oxygens (including phenoxy) is 1. The van der Waals surface area contributed by atoms with Crippen molar-refractivity contribution in [1.29, 1.82) is 0 Å². The van der Waals surface area contributed by atoms with Gasteiger partial charge >= 0.3 is 5.97 Å². The van der Waals surface area contributed by atoms with Crippen LogP contribution in [0.1, 0.15) is 6.92 Å². The topological polar surface area (TPSA) is 75.6 Å². The third-order valence-corrected chi connectivity index (χ3v) is 1.53. The number of carbonyl (C=O) groups excluding carboxylic acids is 1. The lowest BCUT2D eigenvalue weighted by molar-refractivity contribution is -0.153. The van der Waals surface area contributed by atoms with E-state index in [4.69, 9.17) is 9.84 Å². The van der Waals surface area contributed by atoms with Crippen molar-refractivity contribution >= 4 is 11.9 Å². The average molecular weight is 159 g/mol. The van der Waals surface area contributed by atoms with Crippen molar-refractivity contribution < 1.29 is 19.4 Å². The summed E-state index contributed by atoms with van der Waals surface area (Å²) in [6.07, 6.45) is -0.454. The maximum Gasteiger partial charge on any atom is 0.328 e. The molecule has 0 aromatic carbocycles. The summed E-state index contributed by atoms with van der Waals surface area (Å²) in [5.41, 5.74) is 0. The number of aliphatic carboxylic acids is 1. The quantitative estimate of drug-likeness (QED) is 0.513. The second-order valence-electron chi connectivity index (χ2n) is 2.40. The third kappa shape index (κ3) is 1.68. The maximum absolute atomic E-state index is 10.6. The van der Waals surface area contributed by atoms with E-state index in [1.54, 1.807) is 6.92 Å². The van der Waals surface area contributed by atoms with Crippen LogP contribution in [0.4, 0.5) is 0 Å². The van der Waals surface area contributed by atoms with Gasteiger partial charge in [0, 0.05) is 0 Å². The molecule has 11 heavy (non-hydrogen) atoms. The van der Waals surface area contributed by atoms with Crippen LogP contribution in [0.5, 0.6) is 0 Å². The van der Waals surface area contributed by atoms with Gasteiger partial charge in [-0.3, -0.25) is 4.79 Å². The molecule has 0 radical (unpaired) electrons. The zero-order valence-electron chi connectivity index (χ0n) is 6.03. The molecule has 1 amide bonds. The summed E-state index contributed by atoms with van der Waals surface area (Å²) in [5.74, 6) is -1.44. The molecule has 0 saturated carbocycles. The van der Waals surface area contributed by atoms with Gasteiger partial charge in [-0.2, -0.15) is 0 Å². The molecule has 62 valence electrons. The molecule has 5 nitrogen and oxygen atoms in total. The fourth-order valence-electron chi connectivity index (χ4n) is 0.898. The Morgan fingerprint density at radius 3 is 2.91 bits per heavy atom. The summed E-state index contributed by atoms with van der Waals surface area (Å²) < 4.78 is 4.87. The lowest BCUT2D eigenvalue weighted by Gasteiger charge is -2.26. The Bertz CT molecular complexity index is 191. The van der Waals surface area contributed by atoms with Gasteiger partial charge in [0.25, 0.3) is 0 Å². The highest BCUT2D eigenvalue weighted by atomic mass is 16.5. The summed E-state index contributed by atoms with van der Waals surface area (Å²) in [5, 5.41) is 10.8. The van der Waals surface area contributed by atoms with Crippen LogP contribution in [0.25, 0.3) is 0 Å². The minimum atomic E-state index is -1.06. The van der Waals surface area contributed by atoms with Crippen LogP contribution in [0.2, 0.25) is 0 Å². The first-order valence-electron chi connectivity index (χ1n) is 3.25. The molecule has 1 fully saturated rings. The molecule has 0 spiro atoms. The van der Waals surface area contributed by atoms with Crippen molar-refractivity contribution in [2.75, 3.05) is 6.61 Å². The minimum Gasteiger partial charge on any atom is -0.480 e. The second kappa shape index (κ2) is 2.87. The smallest absolute Gasteiger partial charge is 0.328 e. The Balaban J connectivity index is 2.61. The van der Waals surface area contributed by atoms with Crippen LogP contribution in [0, 0.1) is 0 Å². The molecule has 1 aliphatic rings. The van der Waals surface area contributed by atoms with E-state index in [-0.39, 0.29) is 12.5 Å². The molecule has 5 heteroatoms. The predicted molar refractivity (Wildman–Crippen MR) is 35.0 cm³/mol. The van der Waals surface area contributed by atoms with E-state index >= 15 is 0 Å². The number of amides is 1. The van der Waals surface area contributed by atoms with Crippen LogP contribution in [0.3, 0.4) is 0 Å². The SMILES string of the molecule is CC1OCC(=O)NC1C(=O)O. The molecule has 0 aliphatic carbocycles. The predicted octanol–water partition coefficient (Wildman–Crippen LogP) is -1.03. The van der Waals surface area contributed by atoms with Gasteiger partial charge in [0.1, 0.15) is 6.61 Å². The van der Waals surface area contributed by atoms with Crippen molar-refractivity contribution in [2.45, 2.75) is 19.1 Å². The number of rotatable bonds is 1. The number of carboxylic acid groups (broad SMARTS) is 1. The van der Waals surface area contributed by atoms with Crippen LogP contribution in [-0.2, 0) is 14.3 Å². The largest absolute Gasteiger partial charge is 0.480 e. The molecular formula is C6H9NO4. The first kappa shape index (κ1) is 8.00. The molecular weight excluding hydrogens is 150 g/mol. The van der Waals surface area contributed by atoms with Crippen molar-refractivity contribution in [3.05, 3.63) is 0 Å². The van der Waals surface area contributed by atoms with E-state index < -0.39 is 18.1 Å². The van der Waals surface area contributed by atoms with Gasteiger partial charge in [-0.1, -0.05) is 0 Å². The summed E-state index contributed by atoms with van der Waals surface area (Å²) in [6, 6.07) is -0.906. The first-order valence-corrected chi connectivity index (χ1v) is 3.25. The normalized spacial score (nSPS) is 31.2. The van der Waals surface area contributed by atoms with Gasteiger partial charge in [-0.25, -0.2) is 4.79 Å². The molecule has 0 aromatic heterocycles. The lowest BCUT2D eigenvalue weighted by Crippen LogP contribution is -2.54. The Hall–Kier alpha value is -1.10. The summed E-state index contributed by atoms with van der Waals surface area (Å²) in [4.78, 5) is 21.0. The standard InChI is InChI=1S/C6H9NO4/c1-3-5(6(9)10)7-4(8)2-11-3/h3,5H,2H2,1H3,(H,7,8)(H,9,10). The zero-order valence-corrected chi connectivity index (χ0v) is 6.03. The molecule has 0 bridgehead atoms. The van der Waals surface area contributed by atoms with Gasteiger partial charge in [0.05, 0.1) is 6.10 Å². The van der Waals surface area contributed by atoms with E-state index in [9.17, 15) is 9.59 Å². The number of morpholine rings is 1. The summed E-state index contributed by atoms with van der Waals surface area (Å²) in [6.45, 7) is 1.56. The number of hydrogen-bond acceptors (Lipinski definition) is 3. The van der Waals surface area contributed by atoms with Crippen molar-refractivity contribution in [3.8, 4) is 0 Å². The Labute approximate surface area is 63.3 Å². The van der Waals surface area contributed by atoms with E-state index in [0.717, 1.165) is 0 Å². The van der Waals surface area contributed by atoms with Gasteiger partial charge in [0.15, 0.2) is 6.04 Å². The molecule has 2 unspecified atom stereocenters. The Kier molecular flexibility index (Phi) is 2.09. The van der Waals surface area contributed by atoms with Crippen LogP contribution >= 0.6 is 0 Å². The molecule has 2 atom stereocenters. The highest BCUT2D eigenvalue weighted by Gasteiger charge is 2.31. The van der Waals surface area contributed by atoms with Gasteiger partial charge in [-0.05, 0) is 6.92 Å². The van der Waals surface area contributed by atoms with E-state index in [0.29, 0.717) is 0 Å². The van der Waals surface area contributed by atoms with Crippen LogP contribution in [0.15, 0.2) is 0 Å². The fraction of sp³-hybridized carbons (Fsp3) is 0.667. The van der Waals surface area contributed by atoms with Gasteiger partial charge in [0.2, 0.25) is 5.91 Å². The number of carboxylic acids is 1. The second-order valence-corrected chi connectivity index (χ2v) is 2.40. The molecule has 0 aromatic rings. The van der Waals surface area contributed by atoms with Crippen molar-refractivity contribution in [2.24, 2.45) is 0 Å². The van der Waals surface area contributed by atoms with Crippen LogP contribution < -0.4 is 5.32 Å². The van der Waals surface area contributed by atoms with Gasteiger partial charge < -0.3 is 15.2 Å². The van der Waals surface area contributed by atoms with E-state index in [1.165, 1.54) is 0 Å². The minimum absolute atomic E-state index is 0.0506. The van der Waals surface area contributed by atoms with Gasteiger partial charge in [-0.15, -0.1) is 0 Å². The first-order chi connectivity index (χ1) is 5.11. The maximum atomic E-state index is 10.6. The van der Waals surface area contributed by atoms with E-state index in [1.807, 2.05) is 0 Å². The van der Waals surface area contributed by atoms with Crippen molar-refractivity contribution in [3.63, 3.8) is 0 Å². The Morgan fingerprint density at radius 2 is 2.45 bits per heavy atom. The molecule has 1 saturated heterocycles. The number of nitrogens with one attached hydrogen (secondary N) is 1. The monoisotopic (exact) mass is 159 g/mol. The lowest BCUT2D eigenvalue weighted by atomic mass is 10.1. The third-order valence-electron chi connectivity index (χ3n) is 1.53. The number of carbonyl (C=O) groups is 2. The summed E-state index contributed by atoms with van der Waals surface area (Å²) >= 11 is 0. The highest BCUT2D eigenvalue weighted by Crippen LogP contribution is 2.03.